The lowest BCUT2D eigenvalue weighted by Gasteiger charge is -2.14. The fourth-order valence-electron chi connectivity index (χ4n) is 1.72. The van der Waals surface area contributed by atoms with Gasteiger partial charge >= 0.3 is 11.7 Å². The number of carbonyl (C=O) groups is 1. The molecule has 0 fully saturated rings. The number of benzene rings is 1. The molecule has 1 rings (SSSR count). The fourth-order valence-corrected chi connectivity index (χ4v) is 1.72. The maximum absolute atomic E-state index is 10.9. The summed E-state index contributed by atoms with van der Waals surface area (Å²) in [4.78, 5) is 21.2. The van der Waals surface area contributed by atoms with Gasteiger partial charge in [-0.3, -0.25) is 10.1 Å². The molecule has 110 valence electrons. The zero-order valence-electron chi connectivity index (χ0n) is 11.4. The lowest BCUT2D eigenvalue weighted by atomic mass is 10.2. The molecule has 0 aliphatic rings. The Hall–Kier alpha value is -2.15. The van der Waals surface area contributed by atoms with E-state index in [0.717, 1.165) is 0 Å². The third-order valence-corrected chi connectivity index (χ3v) is 2.66. The summed E-state index contributed by atoms with van der Waals surface area (Å²) >= 11 is 0. The van der Waals surface area contributed by atoms with Crippen molar-refractivity contribution in [3.8, 4) is 5.75 Å². The van der Waals surface area contributed by atoms with Gasteiger partial charge in [0, 0.05) is 19.1 Å². The van der Waals surface area contributed by atoms with Crippen molar-refractivity contribution in [2.24, 2.45) is 0 Å². The monoisotopic (exact) mass is 283 g/mol. The van der Waals surface area contributed by atoms with Crippen molar-refractivity contribution >= 4 is 11.7 Å². The van der Waals surface area contributed by atoms with E-state index in [4.69, 9.17) is 14.6 Å². The van der Waals surface area contributed by atoms with Crippen molar-refractivity contribution < 1.29 is 24.3 Å². The van der Waals surface area contributed by atoms with E-state index < -0.39 is 17.0 Å². The Kier molecular flexibility index (Phi) is 5.92. The average molecular weight is 283 g/mol. The highest BCUT2D eigenvalue weighted by molar-refractivity contribution is 5.72. The number of nitro benzene ring substituents is 1. The van der Waals surface area contributed by atoms with E-state index in [9.17, 15) is 14.9 Å². The molecule has 0 saturated carbocycles. The minimum Gasteiger partial charge on any atom is -0.487 e. The second kappa shape index (κ2) is 7.44. The molecular formula is C13H17NO6. The summed E-state index contributed by atoms with van der Waals surface area (Å²) in [6.45, 7) is 3.70. The Labute approximate surface area is 116 Å². The Balaban J connectivity index is 2.70. The molecule has 0 aliphatic heterocycles. The van der Waals surface area contributed by atoms with Crippen LogP contribution in [0, 0.1) is 17.0 Å². The summed E-state index contributed by atoms with van der Waals surface area (Å²) in [5.74, 6) is -0.909. The summed E-state index contributed by atoms with van der Waals surface area (Å²) in [5, 5.41) is 19.8. The number of hydrogen-bond acceptors (Lipinski definition) is 5. The van der Waals surface area contributed by atoms with Gasteiger partial charge in [-0.15, -0.1) is 0 Å². The van der Waals surface area contributed by atoms with E-state index in [1.807, 2.05) is 0 Å². The first-order valence-corrected chi connectivity index (χ1v) is 6.18. The molecule has 0 spiro atoms. The summed E-state index contributed by atoms with van der Waals surface area (Å²) in [6, 6.07) is 4.61. The number of aryl methyl sites for hydroxylation is 1. The van der Waals surface area contributed by atoms with Crippen LogP contribution >= 0.6 is 0 Å². The quantitative estimate of drug-likeness (QED) is 0.579. The molecule has 1 unspecified atom stereocenters. The summed E-state index contributed by atoms with van der Waals surface area (Å²) in [7, 11) is 0. The van der Waals surface area contributed by atoms with Gasteiger partial charge in [0.2, 0.25) is 0 Å². The van der Waals surface area contributed by atoms with Crippen LogP contribution in [0.3, 0.4) is 0 Å². The van der Waals surface area contributed by atoms with Crippen LogP contribution in [0.4, 0.5) is 5.69 Å². The molecule has 1 atom stereocenters. The van der Waals surface area contributed by atoms with Gasteiger partial charge in [0.15, 0.2) is 11.9 Å². The lowest BCUT2D eigenvalue weighted by Crippen LogP contribution is -2.26. The van der Waals surface area contributed by atoms with Crippen molar-refractivity contribution in [2.75, 3.05) is 13.2 Å². The van der Waals surface area contributed by atoms with Crippen LogP contribution in [-0.2, 0) is 9.53 Å². The third-order valence-electron chi connectivity index (χ3n) is 2.66. The number of carboxylic acids is 1. The minimum atomic E-state index is -1.07. The first kappa shape index (κ1) is 15.9. The van der Waals surface area contributed by atoms with Gasteiger partial charge in [0.05, 0.1) is 11.5 Å². The molecule has 1 N–H and O–H groups in total. The second-order valence-electron chi connectivity index (χ2n) is 4.10. The zero-order chi connectivity index (χ0) is 15.1. The maximum Gasteiger partial charge on any atom is 0.332 e. The smallest absolute Gasteiger partial charge is 0.332 e. The normalized spacial score (nSPS) is 11.9. The Morgan fingerprint density at radius 2 is 2.20 bits per heavy atom. The van der Waals surface area contributed by atoms with Crippen molar-refractivity contribution in [1.82, 2.24) is 0 Å². The Bertz CT molecular complexity index is 488. The first-order valence-electron chi connectivity index (χ1n) is 6.18. The minimum absolute atomic E-state index is 0.0304. The number of rotatable bonds is 8. The van der Waals surface area contributed by atoms with Crippen LogP contribution in [0.2, 0.25) is 0 Å². The second-order valence-corrected chi connectivity index (χ2v) is 4.10. The zero-order valence-corrected chi connectivity index (χ0v) is 11.4. The predicted octanol–water partition coefficient (Wildman–Crippen LogP) is 2.16. The SMILES string of the molecule is CCOC(CCOc1c(C)cccc1[N+](=O)[O-])C(=O)O. The van der Waals surface area contributed by atoms with Crippen LogP contribution in [0.15, 0.2) is 18.2 Å². The van der Waals surface area contributed by atoms with E-state index >= 15 is 0 Å². The summed E-state index contributed by atoms with van der Waals surface area (Å²) in [6.07, 6.45) is -0.850. The van der Waals surface area contributed by atoms with Gasteiger partial charge in [0.25, 0.3) is 0 Å². The van der Waals surface area contributed by atoms with Gasteiger partial charge in [-0.05, 0) is 19.4 Å². The van der Waals surface area contributed by atoms with Crippen LogP contribution in [-0.4, -0.2) is 35.3 Å². The highest BCUT2D eigenvalue weighted by Crippen LogP contribution is 2.30. The van der Waals surface area contributed by atoms with Crippen LogP contribution < -0.4 is 4.74 Å². The number of hydrogen-bond donors (Lipinski definition) is 1. The number of carboxylic acid groups (broad SMARTS) is 1. The highest BCUT2D eigenvalue weighted by Gasteiger charge is 2.20. The molecule has 0 bridgehead atoms. The number of nitro groups is 1. The maximum atomic E-state index is 10.9. The molecule has 20 heavy (non-hydrogen) atoms. The van der Waals surface area contributed by atoms with Crippen LogP contribution in [0.1, 0.15) is 18.9 Å². The van der Waals surface area contributed by atoms with E-state index in [0.29, 0.717) is 5.56 Å². The van der Waals surface area contributed by atoms with Gasteiger partial charge in [-0.1, -0.05) is 12.1 Å². The van der Waals surface area contributed by atoms with E-state index in [-0.39, 0.29) is 31.1 Å². The summed E-state index contributed by atoms with van der Waals surface area (Å²) < 4.78 is 10.4. The number of aliphatic carboxylic acids is 1. The first-order chi connectivity index (χ1) is 9.47. The van der Waals surface area contributed by atoms with Crippen molar-refractivity contribution in [1.29, 1.82) is 0 Å². The average Bonchev–Trinajstić information content (AvgIpc) is 2.38. The topological polar surface area (TPSA) is 98.9 Å². The largest absolute Gasteiger partial charge is 0.487 e. The molecule has 7 heteroatoms. The molecule has 0 aromatic heterocycles. The lowest BCUT2D eigenvalue weighted by molar-refractivity contribution is -0.385. The number of ether oxygens (including phenoxy) is 2. The van der Waals surface area contributed by atoms with Crippen molar-refractivity contribution in [3.63, 3.8) is 0 Å². The Morgan fingerprint density at radius 3 is 2.75 bits per heavy atom. The standard InChI is InChI=1S/C13H17NO6/c1-3-19-11(13(15)16)7-8-20-12-9(2)5-4-6-10(12)14(17)18/h4-6,11H,3,7-8H2,1-2H3,(H,15,16). The molecule has 7 nitrogen and oxygen atoms in total. The number of para-hydroxylation sites is 1. The Morgan fingerprint density at radius 1 is 1.50 bits per heavy atom. The number of nitrogens with zero attached hydrogens (tertiary/aromatic N) is 1. The molecule has 0 saturated heterocycles. The van der Waals surface area contributed by atoms with Gasteiger partial charge in [0.1, 0.15) is 0 Å². The van der Waals surface area contributed by atoms with Gasteiger partial charge in [-0.2, -0.15) is 0 Å². The van der Waals surface area contributed by atoms with Crippen LogP contribution in [0.25, 0.3) is 0 Å². The molecule has 0 amide bonds. The molecule has 0 radical (unpaired) electrons. The third kappa shape index (κ3) is 4.20. The molecule has 0 aliphatic carbocycles. The molecule has 1 aromatic carbocycles. The van der Waals surface area contributed by atoms with Crippen molar-refractivity contribution in [3.05, 3.63) is 33.9 Å². The van der Waals surface area contributed by atoms with Gasteiger partial charge in [-0.25, -0.2) is 4.79 Å². The fraction of sp³-hybridized carbons (Fsp3) is 0.462. The van der Waals surface area contributed by atoms with Crippen LogP contribution in [0.5, 0.6) is 5.75 Å². The summed E-state index contributed by atoms with van der Waals surface area (Å²) in [5.41, 5.74) is 0.496. The highest BCUT2D eigenvalue weighted by atomic mass is 16.6. The van der Waals surface area contributed by atoms with E-state index in [2.05, 4.69) is 0 Å². The van der Waals surface area contributed by atoms with Crippen molar-refractivity contribution in [2.45, 2.75) is 26.4 Å². The van der Waals surface area contributed by atoms with Gasteiger partial charge < -0.3 is 14.6 Å². The van der Waals surface area contributed by atoms with E-state index in [1.165, 1.54) is 6.07 Å². The predicted molar refractivity (Wildman–Crippen MR) is 71.0 cm³/mol. The molecule has 0 heterocycles. The molecular weight excluding hydrogens is 266 g/mol. The van der Waals surface area contributed by atoms with E-state index in [1.54, 1.807) is 26.0 Å². The molecule has 1 aromatic rings.